The van der Waals surface area contributed by atoms with Crippen molar-refractivity contribution in [2.24, 2.45) is 7.05 Å². The Hall–Kier alpha value is -1.73. The number of ether oxygens (including phenoxy) is 1. The molecule has 0 radical (unpaired) electrons. The van der Waals surface area contributed by atoms with Crippen LogP contribution < -0.4 is 0 Å². The van der Waals surface area contributed by atoms with Gasteiger partial charge in [0.1, 0.15) is 11.6 Å². The van der Waals surface area contributed by atoms with Crippen molar-refractivity contribution >= 4 is 0 Å². The zero-order valence-electron chi connectivity index (χ0n) is 15.3. The third kappa shape index (κ3) is 3.48. The fourth-order valence-corrected chi connectivity index (χ4v) is 4.19. The monoisotopic (exact) mass is 344 g/mol. The van der Waals surface area contributed by atoms with Crippen molar-refractivity contribution in [2.75, 3.05) is 26.3 Å². The molecule has 4 heterocycles. The summed E-state index contributed by atoms with van der Waals surface area (Å²) >= 11 is 0. The van der Waals surface area contributed by atoms with Crippen LogP contribution in [0.25, 0.3) is 0 Å². The van der Waals surface area contributed by atoms with Crippen LogP contribution >= 0.6 is 0 Å². The van der Waals surface area contributed by atoms with Gasteiger partial charge in [0.15, 0.2) is 5.82 Å². The van der Waals surface area contributed by atoms with Crippen molar-refractivity contribution < 1.29 is 4.74 Å². The van der Waals surface area contributed by atoms with Crippen molar-refractivity contribution in [3.63, 3.8) is 0 Å². The lowest BCUT2D eigenvalue weighted by atomic mass is 9.94. The Morgan fingerprint density at radius 3 is 2.80 bits per heavy atom. The van der Waals surface area contributed by atoms with Crippen molar-refractivity contribution in [1.82, 2.24) is 29.2 Å². The molecule has 0 saturated carbocycles. The predicted molar refractivity (Wildman–Crippen MR) is 94.5 cm³/mol. The van der Waals surface area contributed by atoms with Crippen LogP contribution in [0, 0.1) is 6.92 Å². The molecule has 0 unspecified atom stereocenters. The topological polar surface area (TPSA) is 61.0 Å². The molecule has 7 nitrogen and oxygen atoms in total. The molecule has 2 aliphatic heterocycles. The maximum Gasteiger partial charge on any atom is 0.152 e. The van der Waals surface area contributed by atoms with Gasteiger partial charge in [0.2, 0.25) is 0 Å². The summed E-state index contributed by atoms with van der Waals surface area (Å²) < 4.78 is 9.83. The highest BCUT2D eigenvalue weighted by Crippen LogP contribution is 2.29. The summed E-state index contributed by atoms with van der Waals surface area (Å²) in [5, 5.41) is 9.03. The SMILES string of the molecule is Cc1nccn1Cc1nnc([C@H]2CCCN(C3CCOCC3)C2)n1C. The van der Waals surface area contributed by atoms with Gasteiger partial charge in [0.05, 0.1) is 6.54 Å². The van der Waals surface area contributed by atoms with Crippen molar-refractivity contribution in [3.8, 4) is 0 Å². The summed E-state index contributed by atoms with van der Waals surface area (Å²) in [6.45, 7) is 6.87. The Balaban J connectivity index is 1.47. The molecule has 136 valence electrons. The van der Waals surface area contributed by atoms with Crippen molar-refractivity contribution in [3.05, 3.63) is 29.9 Å². The lowest BCUT2D eigenvalue weighted by Crippen LogP contribution is -2.45. The van der Waals surface area contributed by atoms with Gasteiger partial charge < -0.3 is 13.9 Å². The molecule has 0 N–H and O–H groups in total. The van der Waals surface area contributed by atoms with E-state index in [4.69, 9.17) is 4.74 Å². The van der Waals surface area contributed by atoms with Gasteiger partial charge in [0.25, 0.3) is 0 Å². The molecule has 2 saturated heterocycles. The summed E-state index contributed by atoms with van der Waals surface area (Å²) in [4.78, 5) is 6.95. The maximum absolute atomic E-state index is 5.52. The largest absolute Gasteiger partial charge is 0.381 e. The molecule has 4 rings (SSSR count). The van der Waals surface area contributed by atoms with Gasteiger partial charge in [-0.3, -0.25) is 4.90 Å². The van der Waals surface area contributed by atoms with E-state index in [1.165, 1.54) is 19.4 Å². The van der Waals surface area contributed by atoms with Crippen molar-refractivity contribution in [1.29, 1.82) is 0 Å². The summed E-state index contributed by atoms with van der Waals surface area (Å²) in [6, 6.07) is 0.679. The highest BCUT2D eigenvalue weighted by Gasteiger charge is 2.30. The minimum Gasteiger partial charge on any atom is -0.381 e. The molecular weight excluding hydrogens is 316 g/mol. The second-order valence-electron chi connectivity index (χ2n) is 7.31. The van der Waals surface area contributed by atoms with Crippen LogP contribution in [-0.2, 0) is 18.3 Å². The molecule has 0 amide bonds. The van der Waals surface area contributed by atoms with E-state index in [2.05, 4.69) is 36.3 Å². The summed E-state index contributed by atoms with van der Waals surface area (Å²) in [6.07, 6.45) is 8.60. The van der Waals surface area contributed by atoms with Gasteiger partial charge in [-0.2, -0.15) is 0 Å². The highest BCUT2D eigenvalue weighted by molar-refractivity contribution is 5.06. The average molecular weight is 344 g/mol. The Labute approximate surface area is 149 Å². The molecule has 7 heteroatoms. The fraction of sp³-hybridized carbons (Fsp3) is 0.722. The van der Waals surface area contributed by atoms with E-state index in [-0.39, 0.29) is 0 Å². The van der Waals surface area contributed by atoms with E-state index in [0.29, 0.717) is 12.0 Å². The summed E-state index contributed by atoms with van der Waals surface area (Å²) in [5.74, 6) is 3.61. The van der Waals surface area contributed by atoms with Crippen LogP contribution in [0.2, 0.25) is 0 Å². The zero-order valence-corrected chi connectivity index (χ0v) is 15.3. The van der Waals surface area contributed by atoms with Gasteiger partial charge in [-0.25, -0.2) is 4.98 Å². The standard InChI is InChI=1S/C18H28N6O/c1-14-19-7-9-23(14)13-17-20-21-18(22(17)2)15-4-3-8-24(12-15)16-5-10-25-11-6-16/h7,9,15-16H,3-6,8,10-13H2,1-2H3/t15-/m0/s1. The molecule has 2 aromatic rings. The van der Waals surface area contributed by atoms with Crippen LogP contribution in [0.4, 0.5) is 0 Å². The lowest BCUT2D eigenvalue weighted by Gasteiger charge is -2.39. The second-order valence-corrected chi connectivity index (χ2v) is 7.31. The normalized spacial score (nSPS) is 23.2. The Bertz CT molecular complexity index is 702. The van der Waals surface area contributed by atoms with E-state index >= 15 is 0 Å². The molecule has 2 aromatic heterocycles. The van der Waals surface area contributed by atoms with E-state index < -0.39 is 0 Å². The third-order valence-electron chi connectivity index (χ3n) is 5.76. The van der Waals surface area contributed by atoms with E-state index in [0.717, 1.165) is 56.6 Å². The average Bonchev–Trinajstić information content (AvgIpc) is 3.22. The number of hydrogen-bond acceptors (Lipinski definition) is 5. The number of aryl methyl sites for hydroxylation is 1. The first kappa shape index (κ1) is 16.7. The van der Waals surface area contributed by atoms with E-state index in [1.54, 1.807) is 0 Å². The Morgan fingerprint density at radius 1 is 1.20 bits per heavy atom. The molecule has 0 bridgehead atoms. The predicted octanol–water partition coefficient (Wildman–Crippen LogP) is 1.73. The number of hydrogen-bond donors (Lipinski definition) is 0. The number of piperidine rings is 1. The van der Waals surface area contributed by atoms with Gasteiger partial charge in [-0.15, -0.1) is 10.2 Å². The molecule has 0 spiro atoms. The number of aromatic nitrogens is 5. The minimum atomic E-state index is 0.478. The smallest absolute Gasteiger partial charge is 0.152 e. The third-order valence-corrected chi connectivity index (χ3v) is 5.76. The summed E-state index contributed by atoms with van der Waals surface area (Å²) in [7, 11) is 2.10. The first-order valence-electron chi connectivity index (χ1n) is 9.40. The highest BCUT2D eigenvalue weighted by atomic mass is 16.5. The number of imidazole rings is 1. The molecule has 25 heavy (non-hydrogen) atoms. The first-order valence-corrected chi connectivity index (χ1v) is 9.40. The molecular formula is C18H28N6O. The number of likely N-dealkylation sites (tertiary alicyclic amines) is 1. The van der Waals surface area contributed by atoms with Crippen LogP contribution in [0.1, 0.15) is 49.1 Å². The van der Waals surface area contributed by atoms with Gasteiger partial charge in [0, 0.05) is 51.2 Å². The molecule has 0 aromatic carbocycles. The van der Waals surface area contributed by atoms with Crippen LogP contribution in [0.5, 0.6) is 0 Å². The first-order chi connectivity index (χ1) is 12.2. The minimum absolute atomic E-state index is 0.478. The molecule has 2 fully saturated rings. The lowest BCUT2D eigenvalue weighted by molar-refractivity contribution is 0.0233. The van der Waals surface area contributed by atoms with Gasteiger partial charge >= 0.3 is 0 Å². The van der Waals surface area contributed by atoms with Crippen LogP contribution in [0.15, 0.2) is 12.4 Å². The Kier molecular flexibility index (Phi) is 4.85. The zero-order chi connectivity index (χ0) is 17.2. The van der Waals surface area contributed by atoms with Crippen LogP contribution in [-0.4, -0.2) is 61.6 Å². The molecule has 1 atom stereocenters. The molecule has 0 aliphatic carbocycles. The fourth-order valence-electron chi connectivity index (χ4n) is 4.19. The summed E-state index contributed by atoms with van der Waals surface area (Å²) in [5.41, 5.74) is 0. The number of rotatable bonds is 4. The second kappa shape index (κ2) is 7.25. The number of nitrogens with zero attached hydrogens (tertiary/aromatic N) is 6. The van der Waals surface area contributed by atoms with E-state index in [1.807, 2.05) is 19.3 Å². The quantitative estimate of drug-likeness (QED) is 0.845. The van der Waals surface area contributed by atoms with E-state index in [9.17, 15) is 0 Å². The Morgan fingerprint density at radius 2 is 2.04 bits per heavy atom. The molecule has 2 aliphatic rings. The van der Waals surface area contributed by atoms with Gasteiger partial charge in [-0.1, -0.05) is 0 Å². The maximum atomic E-state index is 5.52. The van der Waals surface area contributed by atoms with Gasteiger partial charge in [-0.05, 0) is 39.2 Å². The van der Waals surface area contributed by atoms with Crippen molar-refractivity contribution in [2.45, 2.75) is 51.1 Å². The van der Waals surface area contributed by atoms with Crippen LogP contribution in [0.3, 0.4) is 0 Å².